The highest BCUT2D eigenvalue weighted by molar-refractivity contribution is 5.98. The highest BCUT2D eigenvalue weighted by Crippen LogP contribution is 2.32. The number of nitrogens with two attached hydrogens (primary N) is 1. The van der Waals surface area contributed by atoms with Crippen molar-refractivity contribution < 1.29 is 18.7 Å². The van der Waals surface area contributed by atoms with Gasteiger partial charge in [0.05, 0.1) is 12.8 Å². The van der Waals surface area contributed by atoms with Crippen LogP contribution in [0.15, 0.2) is 56.7 Å². The second kappa shape index (κ2) is 9.04. The second-order valence-corrected chi connectivity index (χ2v) is 7.37. The van der Waals surface area contributed by atoms with E-state index in [4.69, 9.17) is 19.6 Å². The Labute approximate surface area is 183 Å². The molecule has 1 aliphatic rings. The van der Waals surface area contributed by atoms with Crippen LogP contribution in [0.5, 0.6) is 11.5 Å². The number of para-hydroxylation sites is 2. The smallest absolute Gasteiger partial charge is 0.330 e. The van der Waals surface area contributed by atoms with Gasteiger partial charge < -0.3 is 19.6 Å². The van der Waals surface area contributed by atoms with Gasteiger partial charge in [-0.2, -0.15) is 0 Å². The van der Waals surface area contributed by atoms with Crippen LogP contribution in [0.25, 0.3) is 0 Å². The number of carbonyl (C=O) groups excluding carboxylic acids is 1. The predicted molar refractivity (Wildman–Crippen MR) is 117 cm³/mol. The zero-order chi connectivity index (χ0) is 22.7. The van der Waals surface area contributed by atoms with Crippen LogP contribution in [0, 0.1) is 0 Å². The van der Waals surface area contributed by atoms with Gasteiger partial charge in [-0.15, -0.1) is 0 Å². The lowest BCUT2D eigenvalue weighted by atomic mass is 10.2. The maximum absolute atomic E-state index is 13.5. The van der Waals surface area contributed by atoms with E-state index in [1.54, 1.807) is 36.4 Å². The molecule has 0 fully saturated rings. The first-order valence-corrected chi connectivity index (χ1v) is 10.3. The summed E-state index contributed by atoms with van der Waals surface area (Å²) >= 11 is 0. The molecule has 3 heterocycles. The number of hydrogen-bond donors (Lipinski definition) is 2. The molecule has 0 saturated heterocycles. The quantitative estimate of drug-likeness (QED) is 0.573. The number of H-pyrrole nitrogens is 1. The normalized spacial score (nSPS) is 14.8. The SMILES string of the molecule is CCCCn1c(N)c(N(Cc2ccco2)C(=O)C2COc3ccccc3O2)c(=O)[nH]c1=O. The fourth-order valence-electron chi connectivity index (χ4n) is 3.52. The Hall–Kier alpha value is -3.95. The van der Waals surface area contributed by atoms with Gasteiger partial charge in [0.15, 0.2) is 17.2 Å². The number of ether oxygens (including phenoxy) is 2. The van der Waals surface area contributed by atoms with Crippen molar-refractivity contribution in [3.8, 4) is 11.5 Å². The van der Waals surface area contributed by atoms with E-state index in [1.807, 2.05) is 6.92 Å². The van der Waals surface area contributed by atoms with Crippen molar-refractivity contribution >= 4 is 17.4 Å². The fourth-order valence-corrected chi connectivity index (χ4v) is 3.52. The Morgan fingerprint density at radius 1 is 1.22 bits per heavy atom. The van der Waals surface area contributed by atoms with E-state index in [1.165, 1.54) is 15.7 Å². The first-order valence-electron chi connectivity index (χ1n) is 10.3. The molecule has 10 nitrogen and oxygen atoms in total. The maximum atomic E-state index is 13.5. The predicted octanol–water partition coefficient (Wildman–Crippen LogP) is 1.89. The molecule has 0 bridgehead atoms. The number of amides is 1. The van der Waals surface area contributed by atoms with Gasteiger partial charge in [-0.25, -0.2) is 4.79 Å². The first-order chi connectivity index (χ1) is 15.5. The number of aromatic nitrogens is 2. The topological polar surface area (TPSA) is 133 Å². The van der Waals surface area contributed by atoms with Gasteiger partial charge in [-0.05, 0) is 30.7 Å². The fraction of sp³-hybridized carbons (Fsp3) is 0.318. The van der Waals surface area contributed by atoms with Gasteiger partial charge in [-0.3, -0.25) is 24.0 Å². The lowest BCUT2D eigenvalue weighted by Gasteiger charge is -2.30. The van der Waals surface area contributed by atoms with Crippen LogP contribution in [0.4, 0.5) is 11.5 Å². The van der Waals surface area contributed by atoms with E-state index in [9.17, 15) is 14.4 Å². The maximum Gasteiger partial charge on any atom is 0.330 e. The third kappa shape index (κ3) is 4.11. The molecule has 168 valence electrons. The average Bonchev–Trinajstić information content (AvgIpc) is 3.30. The number of unbranched alkanes of at least 4 members (excludes halogenated alkanes) is 1. The number of hydrogen-bond acceptors (Lipinski definition) is 7. The Bertz CT molecular complexity index is 1210. The summed E-state index contributed by atoms with van der Waals surface area (Å²) in [6.45, 7) is 2.16. The van der Waals surface area contributed by atoms with Gasteiger partial charge in [0.2, 0.25) is 6.10 Å². The number of nitrogen functional groups attached to an aromatic ring is 1. The van der Waals surface area contributed by atoms with Crippen molar-refractivity contribution in [2.75, 3.05) is 17.2 Å². The lowest BCUT2D eigenvalue weighted by molar-refractivity contribution is -0.127. The van der Waals surface area contributed by atoms with Gasteiger partial charge in [-0.1, -0.05) is 25.5 Å². The molecule has 1 aromatic carbocycles. The number of nitrogens with one attached hydrogen (secondary N) is 1. The van der Waals surface area contributed by atoms with Crippen LogP contribution in [0.1, 0.15) is 25.5 Å². The summed E-state index contributed by atoms with van der Waals surface area (Å²) in [6, 6.07) is 10.3. The molecule has 0 saturated carbocycles. The van der Waals surface area contributed by atoms with Crippen LogP contribution < -0.4 is 31.4 Å². The Balaban J connectivity index is 1.74. The van der Waals surface area contributed by atoms with Crippen molar-refractivity contribution in [3.63, 3.8) is 0 Å². The molecule has 1 unspecified atom stereocenters. The number of anilines is 2. The highest BCUT2D eigenvalue weighted by atomic mass is 16.6. The minimum Gasteiger partial charge on any atom is -0.485 e. The number of fused-ring (bicyclic) bond motifs is 1. The summed E-state index contributed by atoms with van der Waals surface area (Å²) in [5.41, 5.74) is 4.72. The van der Waals surface area contributed by atoms with Crippen molar-refractivity contribution in [2.24, 2.45) is 0 Å². The van der Waals surface area contributed by atoms with Crippen LogP contribution in [0.2, 0.25) is 0 Å². The van der Waals surface area contributed by atoms with E-state index in [0.717, 1.165) is 6.42 Å². The molecule has 0 aliphatic carbocycles. The molecule has 2 aromatic heterocycles. The zero-order valence-electron chi connectivity index (χ0n) is 17.6. The number of benzene rings is 1. The van der Waals surface area contributed by atoms with Crippen LogP contribution in [-0.4, -0.2) is 28.2 Å². The summed E-state index contributed by atoms with van der Waals surface area (Å²) < 4.78 is 18.2. The third-order valence-electron chi connectivity index (χ3n) is 5.16. The van der Waals surface area contributed by atoms with Crippen molar-refractivity contribution in [1.82, 2.24) is 9.55 Å². The van der Waals surface area contributed by atoms with E-state index < -0.39 is 23.3 Å². The minimum absolute atomic E-state index is 0.0439. The Kier molecular flexibility index (Phi) is 6.02. The van der Waals surface area contributed by atoms with Gasteiger partial charge in [0.25, 0.3) is 11.5 Å². The molecule has 1 atom stereocenters. The summed E-state index contributed by atoms with van der Waals surface area (Å²) in [4.78, 5) is 42.1. The first kappa shape index (κ1) is 21.3. The van der Waals surface area contributed by atoms with Gasteiger partial charge in [0.1, 0.15) is 18.2 Å². The number of aromatic amines is 1. The van der Waals surface area contributed by atoms with Gasteiger partial charge in [0, 0.05) is 6.54 Å². The monoisotopic (exact) mass is 440 g/mol. The number of rotatable bonds is 7. The molecule has 1 amide bonds. The van der Waals surface area contributed by atoms with E-state index in [2.05, 4.69) is 4.98 Å². The minimum atomic E-state index is -1.02. The van der Waals surface area contributed by atoms with Crippen LogP contribution >= 0.6 is 0 Å². The van der Waals surface area contributed by atoms with Crippen LogP contribution in [-0.2, 0) is 17.9 Å². The number of carbonyl (C=O) groups is 1. The van der Waals surface area contributed by atoms with E-state index >= 15 is 0 Å². The van der Waals surface area contributed by atoms with Crippen molar-refractivity contribution in [2.45, 2.75) is 39.0 Å². The summed E-state index contributed by atoms with van der Waals surface area (Å²) in [5.74, 6) is 0.739. The zero-order valence-corrected chi connectivity index (χ0v) is 17.6. The summed E-state index contributed by atoms with van der Waals surface area (Å²) in [7, 11) is 0. The highest BCUT2D eigenvalue weighted by Gasteiger charge is 2.35. The van der Waals surface area contributed by atoms with Crippen molar-refractivity contribution in [1.29, 1.82) is 0 Å². The standard InChI is InChI=1S/C22H24N4O6/c1-2-3-10-25-19(23)18(20(27)24-22(25)29)26(12-14-7-6-11-30-14)21(28)17-13-31-15-8-4-5-9-16(15)32-17/h4-9,11,17H,2-3,10,12-13,23H2,1H3,(H,24,27,29). The Morgan fingerprint density at radius 2 is 2.00 bits per heavy atom. The Morgan fingerprint density at radius 3 is 2.72 bits per heavy atom. The number of nitrogens with zero attached hydrogens (tertiary/aromatic N) is 2. The molecule has 3 aromatic rings. The molecule has 4 rings (SSSR count). The summed E-state index contributed by atoms with van der Waals surface area (Å²) in [6.07, 6.45) is 1.94. The lowest BCUT2D eigenvalue weighted by Crippen LogP contribution is -2.49. The largest absolute Gasteiger partial charge is 0.485 e. The molecular formula is C22H24N4O6. The van der Waals surface area contributed by atoms with E-state index in [-0.39, 0.29) is 24.7 Å². The van der Waals surface area contributed by atoms with Crippen molar-refractivity contribution in [3.05, 3.63) is 69.3 Å². The van der Waals surface area contributed by atoms with Gasteiger partial charge >= 0.3 is 5.69 Å². The molecule has 10 heteroatoms. The van der Waals surface area contributed by atoms with Crippen LogP contribution in [0.3, 0.4) is 0 Å². The second-order valence-electron chi connectivity index (χ2n) is 7.37. The number of furan rings is 1. The molecule has 1 aliphatic heterocycles. The molecule has 0 spiro atoms. The third-order valence-corrected chi connectivity index (χ3v) is 5.16. The molecule has 0 radical (unpaired) electrons. The molecule has 32 heavy (non-hydrogen) atoms. The van der Waals surface area contributed by atoms with E-state index in [0.29, 0.717) is 30.2 Å². The molecule has 3 N–H and O–H groups in total. The average molecular weight is 440 g/mol. The molecular weight excluding hydrogens is 416 g/mol. The summed E-state index contributed by atoms with van der Waals surface area (Å²) in [5, 5.41) is 0.